The molecule has 0 spiro atoms. The Kier molecular flexibility index (Phi) is 3.53. The second kappa shape index (κ2) is 5.31. The Hall–Kier alpha value is -1.39. The van der Waals surface area contributed by atoms with Gasteiger partial charge in [-0.3, -0.25) is 4.90 Å². The van der Waals surface area contributed by atoms with Gasteiger partial charge in [-0.15, -0.1) is 0 Å². The fourth-order valence-corrected chi connectivity index (χ4v) is 2.77. The van der Waals surface area contributed by atoms with Crippen LogP contribution < -0.4 is 5.32 Å². The van der Waals surface area contributed by atoms with E-state index in [1.165, 1.54) is 12.0 Å². The molecule has 0 bridgehead atoms. The van der Waals surface area contributed by atoms with E-state index in [0.29, 0.717) is 6.04 Å². The lowest BCUT2D eigenvalue weighted by atomic mass is 10.2. The zero-order valence-corrected chi connectivity index (χ0v) is 11.7. The van der Waals surface area contributed by atoms with Crippen LogP contribution in [0.3, 0.4) is 0 Å². The first-order valence-corrected chi connectivity index (χ1v) is 7.15. The Balaban J connectivity index is 1.85. The number of aryl methyl sites for hydroxylation is 1. The summed E-state index contributed by atoms with van der Waals surface area (Å²) in [5.74, 6) is 1.09. The van der Waals surface area contributed by atoms with Crippen molar-refractivity contribution in [1.82, 2.24) is 20.2 Å². The first kappa shape index (κ1) is 12.6. The average molecular weight is 258 g/mol. The molecule has 0 aliphatic carbocycles. The van der Waals surface area contributed by atoms with Crippen molar-refractivity contribution in [2.24, 2.45) is 0 Å². The van der Waals surface area contributed by atoms with Gasteiger partial charge in [-0.2, -0.15) is 0 Å². The molecule has 1 aromatic carbocycles. The van der Waals surface area contributed by atoms with Crippen LogP contribution in [0.4, 0.5) is 0 Å². The van der Waals surface area contributed by atoms with Crippen molar-refractivity contribution in [1.29, 1.82) is 0 Å². The highest BCUT2D eigenvalue weighted by atomic mass is 15.2. The van der Waals surface area contributed by atoms with E-state index in [-0.39, 0.29) is 0 Å². The van der Waals surface area contributed by atoms with Crippen LogP contribution in [-0.4, -0.2) is 41.0 Å². The lowest BCUT2D eigenvalue weighted by molar-refractivity contribution is 0.218. The maximum Gasteiger partial charge on any atom is 0.124 e. The SMILES string of the molecule is Cc1ccc2nc(C(C)N3CCCNCC3)[nH]c2c1. The molecule has 1 aliphatic heterocycles. The van der Waals surface area contributed by atoms with Gasteiger partial charge in [0.25, 0.3) is 0 Å². The number of aromatic nitrogens is 2. The first-order valence-electron chi connectivity index (χ1n) is 7.15. The van der Waals surface area contributed by atoms with Crippen molar-refractivity contribution in [2.75, 3.05) is 26.2 Å². The van der Waals surface area contributed by atoms with Crippen molar-refractivity contribution in [2.45, 2.75) is 26.3 Å². The molecule has 1 aromatic heterocycles. The van der Waals surface area contributed by atoms with Gasteiger partial charge in [0, 0.05) is 19.6 Å². The number of benzene rings is 1. The number of aromatic amines is 1. The van der Waals surface area contributed by atoms with E-state index in [1.54, 1.807) is 0 Å². The normalized spacial score (nSPS) is 19.5. The summed E-state index contributed by atoms with van der Waals surface area (Å²) in [5, 5.41) is 3.45. The lowest BCUT2D eigenvalue weighted by Crippen LogP contribution is -2.31. The Morgan fingerprint density at radius 2 is 2.16 bits per heavy atom. The van der Waals surface area contributed by atoms with E-state index in [9.17, 15) is 0 Å². The van der Waals surface area contributed by atoms with Gasteiger partial charge in [0.2, 0.25) is 0 Å². The third-order valence-electron chi connectivity index (χ3n) is 3.97. The second-order valence-electron chi connectivity index (χ2n) is 5.46. The van der Waals surface area contributed by atoms with Crippen molar-refractivity contribution < 1.29 is 0 Å². The minimum atomic E-state index is 0.354. The number of nitrogens with zero attached hydrogens (tertiary/aromatic N) is 2. The number of hydrogen-bond donors (Lipinski definition) is 2. The number of fused-ring (bicyclic) bond motifs is 1. The van der Waals surface area contributed by atoms with Crippen LogP contribution in [0.5, 0.6) is 0 Å². The molecule has 2 aromatic rings. The molecule has 0 saturated carbocycles. The highest BCUT2D eigenvalue weighted by molar-refractivity contribution is 5.75. The topological polar surface area (TPSA) is 44.0 Å². The molecule has 1 unspecified atom stereocenters. The number of H-pyrrole nitrogens is 1. The summed E-state index contributed by atoms with van der Waals surface area (Å²) in [4.78, 5) is 10.7. The zero-order chi connectivity index (χ0) is 13.2. The molecular weight excluding hydrogens is 236 g/mol. The Bertz CT molecular complexity index is 552. The lowest BCUT2D eigenvalue weighted by Gasteiger charge is -2.25. The molecule has 4 nitrogen and oxygen atoms in total. The van der Waals surface area contributed by atoms with Gasteiger partial charge < -0.3 is 10.3 Å². The maximum absolute atomic E-state index is 4.74. The number of nitrogens with one attached hydrogen (secondary N) is 2. The summed E-state index contributed by atoms with van der Waals surface area (Å²) in [7, 11) is 0. The maximum atomic E-state index is 4.74. The summed E-state index contributed by atoms with van der Waals surface area (Å²) < 4.78 is 0. The van der Waals surface area contributed by atoms with Crippen LogP contribution in [0.25, 0.3) is 11.0 Å². The molecule has 1 atom stereocenters. The highest BCUT2D eigenvalue weighted by Gasteiger charge is 2.19. The third-order valence-corrected chi connectivity index (χ3v) is 3.97. The molecule has 0 radical (unpaired) electrons. The molecule has 102 valence electrons. The first-order chi connectivity index (χ1) is 9.24. The van der Waals surface area contributed by atoms with E-state index in [1.807, 2.05) is 0 Å². The van der Waals surface area contributed by atoms with Crippen LogP contribution in [0.1, 0.15) is 30.8 Å². The van der Waals surface area contributed by atoms with Gasteiger partial charge in [0.05, 0.1) is 17.1 Å². The smallest absolute Gasteiger partial charge is 0.124 e. The van der Waals surface area contributed by atoms with Crippen LogP contribution in [0, 0.1) is 6.92 Å². The number of imidazole rings is 1. The summed E-state index contributed by atoms with van der Waals surface area (Å²) in [6.07, 6.45) is 1.21. The van der Waals surface area contributed by atoms with Gasteiger partial charge in [-0.05, 0) is 44.5 Å². The minimum Gasteiger partial charge on any atom is -0.341 e. The Labute approximate surface area is 114 Å². The van der Waals surface area contributed by atoms with Crippen molar-refractivity contribution in [3.8, 4) is 0 Å². The van der Waals surface area contributed by atoms with Crippen LogP contribution in [0.15, 0.2) is 18.2 Å². The van der Waals surface area contributed by atoms with Crippen molar-refractivity contribution in [3.63, 3.8) is 0 Å². The van der Waals surface area contributed by atoms with E-state index >= 15 is 0 Å². The number of rotatable bonds is 2. The minimum absolute atomic E-state index is 0.354. The fourth-order valence-electron chi connectivity index (χ4n) is 2.77. The number of hydrogen-bond acceptors (Lipinski definition) is 3. The summed E-state index contributed by atoms with van der Waals surface area (Å²) in [6, 6.07) is 6.74. The summed E-state index contributed by atoms with van der Waals surface area (Å²) in [5.41, 5.74) is 3.49. The van der Waals surface area contributed by atoms with Crippen molar-refractivity contribution in [3.05, 3.63) is 29.6 Å². The Morgan fingerprint density at radius 3 is 3.05 bits per heavy atom. The predicted octanol–water partition coefficient (Wildman–Crippen LogP) is 2.23. The fraction of sp³-hybridized carbons (Fsp3) is 0.533. The standard InChI is InChI=1S/C15H22N4/c1-11-4-5-13-14(10-11)18-15(17-13)12(2)19-8-3-6-16-7-9-19/h4-5,10,12,16H,3,6-9H2,1-2H3,(H,17,18). The predicted molar refractivity (Wildman–Crippen MR) is 78.3 cm³/mol. The van der Waals surface area contributed by atoms with Crippen LogP contribution in [0.2, 0.25) is 0 Å². The van der Waals surface area contributed by atoms with E-state index in [0.717, 1.165) is 43.0 Å². The molecule has 2 heterocycles. The highest BCUT2D eigenvalue weighted by Crippen LogP contribution is 2.22. The average Bonchev–Trinajstić information content (AvgIpc) is 2.64. The van der Waals surface area contributed by atoms with Gasteiger partial charge in [0.15, 0.2) is 0 Å². The van der Waals surface area contributed by atoms with Gasteiger partial charge in [-0.1, -0.05) is 6.07 Å². The van der Waals surface area contributed by atoms with E-state index in [2.05, 4.69) is 47.2 Å². The monoisotopic (exact) mass is 258 g/mol. The molecule has 4 heteroatoms. The molecule has 1 saturated heterocycles. The summed E-state index contributed by atoms with van der Waals surface area (Å²) >= 11 is 0. The van der Waals surface area contributed by atoms with Gasteiger partial charge in [0.1, 0.15) is 5.82 Å². The molecule has 3 rings (SSSR count). The van der Waals surface area contributed by atoms with E-state index < -0.39 is 0 Å². The largest absolute Gasteiger partial charge is 0.341 e. The molecule has 0 amide bonds. The van der Waals surface area contributed by atoms with E-state index in [4.69, 9.17) is 4.98 Å². The van der Waals surface area contributed by atoms with Gasteiger partial charge >= 0.3 is 0 Å². The quantitative estimate of drug-likeness (QED) is 0.868. The van der Waals surface area contributed by atoms with Crippen LogP contribution in [-0.2, 0) is 0 Å². The molecule has 1 fully saturated rings. The van der Waals surface area contributed by atoms with Crippen LogP contribution >= 0.6 is 0 Å². The molecule has 19 heavy (non-hydrogen) atoms. The zero-order valence-electron chi connectivity index (χ0n) is 11.7. The van der Waals surface area contributed by atoms with Crippen molar-refractivity contribution >= 4 is 11.0 Å². The summed E-state index contributed by atoms with van der Waals surface area (Å²) in [6.45, 7) is 8.80. The second-order valence-corrected chi connectivity index (χ2v) is 5.46. The van der Waals surface area contributed by atoms with Gasteiger partial charge in [-0.25, -0.2) is 4.98 Å². The molecule has 2 N–H and O–H groups in total. The molecule has 1 aliphatic rings. The molecular formula is C15H22N4. The third kappa shape index (κ3) is 2.65. The Morgan fingerprint density at radius 1 is 1.26 bits per heavy atom.